The van der Waals surface area contributed by atoms with Gasteiger partial charge < -0.3 is 5.11 Å². The maximum atomic E-state index is 10.8. The van der Waals surface area contributed by atoms with Gasteiger partial charge in [0.05, 0.1) is 5.41 Å². The molecule has 1 saturated carbocycles. The normalized spacial score (nSPS) is 25.4. The van der Waals surface area contributed by atoms with E-state index in [0.717, 1.165) is 17.0 Å². The second kappa shape index (κ2) is 8.33. The highest BCUT2D eigenvalue weighted by Crippen LogP contribution is 2.62. The molecule has 1 fully saturated rings. The van der Waals surface area contributed by atoms with Gasteiger partial charge in [0.2, 0.25) is 0 Å². The average molecular weight is 550 g/mol. The van der Waals surface area contributed by atoms with Crippen LogP contribution in [-0.4, -0.2) is 5.11 Å². The molecule has 1 N–H and O–H groups in total. The van der Waals surface area contributed by atoms with Crippen LogP contribution in [0.25, 0.3) is 11.1 Å². The minimum Gasteiger partial charge on any atom is -0.507 e. The molecule has 0 saturated heterocycles. The van der Waals surface area contributed by atoms with Crippen LogP contribution in [0.5, 0.6) is 5.75 Å². The summed E-state index contributed by atoms with van der Waals surface area (Å²) in [6.45, 7) is 6.51. The van der Waals surface area contributed by atoms with Gasteiger partial charge in [-0.3, -0.25) is 0 Å². The van der Waals surface area contributed by atoms with Gasteiger partial charge in [-0.1, -0.05) is 83.5 Å². The summed E-state index contributed by atoms with van der Waals surface area (Å²) in [6, 6.07) is 27.4. The number of fused-ring (bicyclic) bond motifs is 3. The van der Waals surface area contributed by atoms with Crippen molar-refractivity contribution in [2.24, 2.45) is 5.92 Å². The fraction of sp³-hybridized carbons (Fsp3) is 0.314. The second-order valence-corrected chi connectivity index (χ2v) is 12.7. The number of benzene rings is 4. The summed E-state index contributed by atoms with van der Waals surface area (Å²) in [5.74, 6) is 2.34. The van der Waals surface area contributed by atoms with Crippen molar-refractivity contribution in [3.05, 3.63) is 122 Å². The van der Waals surface area contributed by atoms with E-state index < -0.39 is 5.41 Å². The molecule has 4 unspecified atom stereocenters. The molecule has 3 aliphatic carbocycles. The van der Waals surface area contributed by atoms with Crippen molar-refractivity contribution in [2.75, 3.05) is 0 Å². The van der Waals surface area contributed by atoms with Crippen molar-refractivity contribution < 1.29 is 5.11 Å². The summed E-state index contributed by atoms with van der Waals surface area (Å²) in [4.78, 5) is 0. The van der Waals surface area contributed by atoms with E-state index in [9.17, 15) is 5.11 Å². The SMILES string of the molecule is Cc1cc(C2(c3ccccc3)c3cccc4c3-c3c(cc(Br)cc32)C2CCC(CC4C)C2)cc(C)c1O. The van der Waals surface area contributed by atoms with Gasteiger partial charge in [0.1, 0.15) is 5.75 Å². The van der Waals surface area contributed by atoms with E-state index in [1.165, 1.54) is 74.7 Å². The van der Waals surface area contributed by atoms with Crippen molar-refractivity contribution in [3.63, 3.8) is 0 Å². The lowest BCUT2D eigenvalue weighted by Crippen LogP contribution is -2.29. The van der Waals surface area contributed by atoms with E-state index in [0.29, 0.717) is 17.6 Å². The summed E-state index contributed by atoms with van der Waals surface area (Å²) >= 11 is 3.97. The molecular weight excluding hydrogens is 516 g/mol. The first kappa shape index (κ1) is 23.3. The molecule has 0 spiro atoms. The lowest BCUT2D eigenvalue weighted by Gasteiger charge is -2.35. The largest absolute Gasteiger partial charge is 0.507 e. The van der Waals surface area contributed by atoms with E-state index in [-0.39, 0.29) is 0 Å². The Morgan fingerprint density at radius 2 is 1.49 bits per heavy atom. The molecular formula is C35H33BrO. The Morgan fingerprint density at radius 1 is 0.757 bits per heavy atom. The van der Waals surface area contributed by atoms with Crippen molar-refractivity contribution >= 4 is 15.9 Å². The molecule has 4 aromatic rings. The first-order valence-electron chi connectivity index (χ1n) is 13.7. The predicted octanol–water partition coefficient (Wildman–Crippen LogP) is 9.53. The van der Waals surface area contributed by atoms with Crippen LogP contribution < -0.4 is 0 Å². The quantitative estimate of drug-likeness (QED) is 0.233. The highest BCUT2D eigenvalue weighted by atomic mass is 79.9. The summed E-state index contributed by atoms with van der Waals surface area (Å²) in [6.07, 6.45) is 5.19. The molecule has 4 aromatic carbocycles. The van der Waals surface area contributed by atoms with Gasteiger partial charge in [0.25, 0.3) is 0 Å². The van der Waals surface area contributed by atoms with Crippen molar-refractivity contribution in [1.29, 1.82) is 0 Å². The van der Waals surface area contributed by atoms with Crippen LogP contribution in [-0.2, 0) is 5.41 Å². The van der Waals surface area contributed by atoms with Gasteiger partial charge in [-0.05, 0) is 125 Å². The maximum absolute atomic E-state index is 10.8. The Hall–Kier alpha value is -2.84. The molecule has 4 atom stereocenters. The fourth-order valence-corrected chi connectivity index (χ4v) is 8.57. The summed E-state index contributed by atoms with van der Waals surface area (Å²) in [5, 5.41) is 10.8. The molecule has 0 aliphatic heterocycles. The summed E-state index contributed by atoms with van der Waals surface area (Å²) < 4.78 is 1.17. The van der Waals surface area contributed by atoms with Gasteiger partial charge in [0, 0.05) is 4.47 Å². The van der Waals surface area contributed by atoms with E-state index in [2.05, 4.69) is 95.7 Å². The lowest BCUT2D eigenvalue weighted by atomic mass is 9.66. The van der Waals surface area contributed by atoms with Crippen LogP contribution in [0.15, 0.2) is 77.3 Å². The zero-order chi connectivity index (χ0) is 25.5. The third-order valence-corrected chi connectivity index (χ3v) is 10.1. The molecule has 0 heterocycles. The molecule has 0 amide bonds. The highest BCUT2D eigenvalue weighted by Gasteiger charge is 2.49. The third-order valence-electron chi connectivity index (χ3n) is 9.62. The molecule has 186 valence electrons. The summed E-state index contributed by atoms with van der Waals surface area (Å²) in [7, 11) is 0. The minimum absolute atomic E-state index is 0.397. The molecule has 1 nitrogen and oxygen atoms in total. The van der Waals surface area contributed by atoms with E-state index >= 15 is 0 Å². The minimum atomic E-state index is -0.444. The lowest BCUT2D eigenvalue weighted by molar-refractivity contribution is 0.456. The third kappa shape index (κ3) is 3.21. The Labute approximate surface area is 228 Å². The monoisotopic (exact) mass is 548 g/mol. The van der Waals surface area contributed by atoms with Gasteiger partial charge >= 0.3 is 0 Å². The molecule has 3 aliphatic rings. The van der Waals surface area contributed by atoms with Crippen LogP contribution >= 0.6 is 15.9 Å². The molecule has 2 heteroatoms. The topological polar surface area (TPSA) is 20.2 Å². The van der Waals surface area contributed by atoms with Crippen LogP contribution in [0.3, 0.4) is 0 Å². The number of aryl methyl sites for hydroxylation is 2. The highest BCUT2D eigenvalue weighted by molar-refractivity contribution is 9.10. The van der Waals surface area contributed by atoms with Crippen molar-refractivity contribution in [2.45, 2.75) is 63.7 Å². The zero-order valence-corrected chi connectivity index (χ0v) is 23.4. The number of rotatable bonds is 2. The zero-order valence-electron chi connectivity index (χ0n) is 21.8. The fourth-order valence-electron chi connectivity index (χ4n) is 8.09. The molecule has 0 aromatic heterocycles. The number of phenols is 1. The van der Waals surface area contributed by atoms with Gasteiger partial charge in [0.15, 0.2) is 0 Å². The van der Waals surface area contributed by atoms with Crippen LogP contribution in [0.4, 0.5) is 0 Å². The number of phenolic OH excluding ortho intramolecular Hbond substituents is 1. The number of aromatic hydroxyl groups is 1. The number of hydrogen-bond donors (Lipinski definition) is 1. The average Bonchev–Trinajstić information content (AvgIpc) is 3.48. The number of hydrogen-bond acceptors (Lipinski definition) is 1. The molecule has 37 heavy (non-hydrogen) atoms. The van der Waals surface area contributed by atoms with Crippen LogP contribution in [0.2, 0.25) is 0 Å². The second-order valence-electron chi connectivity index (χ2n) is 11.8. The Bertz CT molecular complexity index is 1530. The first-order chi connectivity index (χ1) is 17.9. The van der Waals surface area contributed by atoms with Gasteiger partial charge in [-0.25, -0.2) is 0 Å². The van der Waals surface area contributed by atoms with E-state index in [1.54, 1.807) is 0 Å². The van der Waals surface area contributed by atoms with Crippen molar-refractivity contribution in [1.82, 2.24) is 0 Å². The Balaban J connectivity index is 1.70. The molecule has 0 radical (unpaired) electrons. The molecule has 7 rings (SSSR count). The van der Waals surface area contributed by atoms with E-state index in [4.69, 9.17) is 0 Å². The summed E-state index contributed by atoms with van der Waals surface area (Å²) in [5.41, 5.74) is 12.7. The predicted molar refractivity (Wildman–Crippen MR) is 156 cm³/mol. The molecule has 2 bridgehead atoms. The van der Waals surface area contributed by atoms with Crippen molar-refractivity contribution in [3.8, 4) is 16.9 Å². The van der Waals surface area contributed by atoms with Crippen LogP contribution in [0, 0.1) is 19.8 Å². The Morgan fingerprint density at radius 3 is 2.24 bits per heavy atom. The maximum Gasteiger partial charge on any atom is 0.121 e. The van der Waals surface area contributed by atoms with Gasteiger partial charge in [-0.15, -0.1) is 0 Å². The van der Waals surface area contributed by atoms with E-state index in [1.807, 2.05) is 13.8 Å². The van der Waals surface area contributed by atoms with Gasteiger partial charge in [-0.2, -0.15) is 0 Å². The Kier molecular flexibility index (Phi) is 5.24. The standard InChI is InChI=1S/C35H33BrO/c1-20-14-23-12-13-24(17-23)29-18-27(36)19-31-33(29)32-28(20)10-7-11-30(32)35(31,25-8-5-4-6-9-25)26-15-21(2)34(37)22(3)16-26/h4-11,15-16,18-20,23-24,37H,12-14,17H2,1-3H3. The number of halogens is 1. The smallest absolute Gasteiger partial charge is 0.121 e. The first-order valence-corrected chi connectivity index (χ1v) is 14.5. The van der Waals surface area contributed by atoms with Crippen LogP contribution in [0.1, 0.15) is 89.0 Å².